The fraction of sp³-hybridized carbons (Fsp3) is 0.583. The molecule has 4 aliphatic heterocycles. The Bertz CT molecular complexity index is 969. The number of rotatable bonds is 3. The van der Waals surface area contributed by atoms with Crippen LogP contribution < -0.4 is 5.32 Å². The van der Waals surface area contributed by atoms with Gasteiger partial charge in [-0.15, -0.1) is 0 Å². The molecule has 32 heavy (non-hydrogen) atoms. The largest absolute Gasteiger partial charge is 0.355 e. The lowest BCUT2D eigenvalue weighted by molar-refractivity contribution is 0.143. The average Bonchev–Trinajstić information content (AvgIpc) is 3.06. The molecule has 1 N–H and O–H groups in total. The molecular weight excluding hydrogens is 427 g/mol. The van der Waals surface area contributed by atoms with Crippen molar-refractivity contribution in [3.63, 3.8) is 0 Å². The minimum Gasteiger partial charge on any atom is -0.355 e. The predicted molar refractivity (Wildman–Crippen MR) is 126 cm³/mol. The first-order chi connectivity index (χ1) is 15.4. The van der Waals surface area contributed by atoms with Gasteiger partial charge in [0.25, 0.3) is 0 Å². The highest BCUT2D eigenvalue weighted by Gasteiger charge is 2.52. The van der Waals surface area contributed by atoms with E-state index in [1.54, 1.807) is 6.07 Å². The number of halogens is 2. The summed E-state index contributed by atoms with van der Waals surface area (Å²) in [6.45, 7) is 8.15. The zero-order valence-electron chi connectivity index (χ0n) is 19.1. The molecule has 0 bridgehead atoms. The third kappa shape index (κ3) is 3.74. The molecule has 6 nitrogen and oxygen atoms in total. The lowest BCUT2D eigenvalue weighted by atomic mass is 9.83. The lowest BCUT2D eigenvalue weighted by Crippen LogP contribution is -2.58. The topological polar surface area (TPSA) is 47.0 Å². The van der Waals surface area contributed by atoms with Crippen LogP contribution in [0.2, 0.25) is 0 Å². The first-order valence-electron chi connectivity index (χ1n) is 11.6. The minimum absolute atomic E-state index is 0.0797. The number of likely N-dealkylation sites (N-methyl/N-ethyl adjacent to an activating group) is 1. The maximum atomic E-state index is 13.6. The van der Waals surface area contributed by atoms with Gasteiger partial charge >= 0.3 is 0 Å². The van der Waals surface area contributed by atoms with Gasteiger partial charge in [0.1, 0.15) is 28.5 Å². The number of aliphatic imine (C=N–C) groups is 1. The number of aryl methyl sites for hydroxylation is 1. The second kappa shape index (κ2) is 8.43. The van der Waals surface area contributed by atoms with E-state index in [1.165, 1.54) is 6.20 Å². The SMILES string of the molecule is Cc1cc(F)cnc1[C@@H]1CCC[C@H]([C@@]2(C)N=C3C=CC=C(N4CCN(C)CC4)N3C2Cl)N1. The van der Waals surface area contributed by atoms with E-state index >= 15 is 0 Å². The molecule has 4 aliphatic rings. The van der Waals surface area contributed by atoms with E-state index < -0.39 is 5.54 Å². The lowest BCUT2D eigenvalue weighted by Gasteiger charge is -2.44. The van der Waals surface area contributed by atoms with E-state index in [2.05, 4.69) is 57.2 Å². The van der Waals surface area contributed by atoms with Crippen molar-refractivity contribution in [1.29, 1.82) is 0 Å². The Balaban J connectivity index is 1.38. The van der Waals surface area contributed by atoms with Crippen molar-refractivity contribution in [2.24, 2.45) is 4.99 Å². The molecule has 2 saturated heterocycles. The maximum absolute atomic E-state index is 13.6. The van der Waals surface area contributed by atoms with Crippen molar-refractivity contribution in [3.05, 3.63) is 53.4 Å². The zero-order chi connectivity index (χ0) is 22.5. The highest BCUT2D eigenvalue weighted by Crippen LogP contribution is 2.42. The number of nitrogens with zero attached hydrogens (tertiary/aromatic N) is 5. The summed E-state index contributed by atoms with van der Waals surface area (Å²) in [5, 5.41) is 3.79. The zero-order valence-corrected chi connectivity index (χ0v) is 19.8. The molecule has 4 atom stereocenters. The number of allylic oxidation sites excluding steroid dienone is 2. The van der Waals surface area contributed by atoms with Crippen molar-refractivity contribution in [2.45, 2.75) is 56.2 Å². The van der Waals surface area contributed by atoms with Crippen molar-refractivity contribution in [3.8, 4) is 0 Å². The highest BCUT2D eigenvalue weighted by molar-refractivity contribution is 6.24. The van der Waals surface area contributed by atoms with E-state index in [1.807, 2.05) is 6.92 Å². The Hall–Kier alpha value is -1.96. The van der Waals surface area contributed by atoms with Gasteiger partial charge in [0.05, 0.1) is 17.9 Å². The van der Waals surface area contributed by atoms with Crippen molar-refractivity contribution in [1.82, 2.24) is 25.0 Å². The number of piperidine rings is 1. The first kappa shape index (κ1) is 21.9. The second-order valence-corrected chi connectivity index (χ2v) is 10.0. The number of aromatic nitrogens is 1. The fourth-order valence-corrected chi connectivity index (χ4v) is 5.85. The van der Waals surface area contributed by atoms with Crippen LogP contribution in [-0.4, -0.2) is 75.8 Å². The van der Waals surface area contributed by atoms with Crippen LogP contribution in [0.5, 0.6) is 0 Å². The second-order valence-electron chi connectivity index (χ2n) is 9.63. The number of amidine groups is 1. The first-order valence-corrected chi connectivity index (χ1v) is 12.0. The average molecular weight is 459 g/mol. The van der Waals surface area contributed by atoms with Crippen LogP contribution >= 0.6 is 11.6 Å². The van der Waals surface area contributed by atoms with Crippen molar-refractivity contribution in [2.75, 3.05) is 33.2 Å². The maximum Gasteiger partial charge on any atom is 0.141 e. The summed E-state index contributed by atoms with van der Waals surface area (Å²) in [6, 6.07) is 1.75. The van der Waals surface area contributed by atoms with E-state index in [0.717, 1.165) is 68.4 Å². The molecule has 2 fully saturated rings. The Labute approximate surface area is 194 Å². The van der Waals surface area contributed by atoms with E-state index in [9.17, 15) is 4.39 Å². The summed E-state index contributed by atoms with van der Waals surface area (Å²) in [5.41, 5.74) is 1.04. The van der Waals surface area contributed by atoms with Gasteiger partial charge in [0, 0.05) is 32.2 Å². The van der Waals surface area contributed by atoms with Crippen LogP contribution in [-0.2, 0) is 0 Å². The Morgan fingerprint density at radius 3 is 2.75 bits per heavy atom. The van der Waals surface area contributed by atoms with Crippen LogP contribution in [0.1, 0.15) is 43.5 Å². The molecule has 5 rings (SSSR count). The van der Waals surface area contributed by atoms with Gasteiger partial charge in [-0.25, -0.2) is 4.39 Å². The summed E-state index contributed by atoms with van der Waals surface area (Å²) >= 11 is 7.21. The summed E-state index contributed by atoms with van der Waals surface area (Å²) in [6.07, 6.45) is 10.7. The van der Waals surface area contributed by atoms with Crippen molar-refractivity contribution < 1.29 is 4.39 Å². The van der Waals surface area contributed by atoms with Crippen LogP contribution in [0.4, 0.5) is 4.39 Å². The smallest absolute Gasteiger partial charge is 0.141 e. The predicted octanol–water partition coefficient (Wildman–Crippen LogP) is 3.41. The molecule has 0 aromatic carbocycles. The van der Waals surface area contributed by atoms with Gasteiger partial charge in [-0.1, -0.05) is 17.7 Å². The van der Waals surface area contributed by atoms with Gasteiger partial charge < -0.3 is 15.1 Å². The molecule has 8 heteroatoms. The van der Waals surface area contributed by atoms with Gasteiger partial charge in [0.15, 0.2) is 0 Å². The molecule has 0 saturated carbocycles. The van der Waals surface area contributed by atoms with Crippen LogP contribution in [0, 0.1) is 12.7 Å². The van der Waals surface area contributed by atoms with Crippen LogP contribution in [0.15, 0.2) is 41.3 Å². The van der Waals surface area contributed by atoms with Gasteiger partial charge in [-0.2, -0.15) is 0 Å². The number of alkyl halides is 1. The monoisotopic (exact) mass is 458 g/mol. The normalized spacial score (nSPS) is 33.2. The number of piperazine rings is 1. The third-order valence-corrected chi connectivity index (χ3v) is 8.02. The van der Waals surface area contributed by atoms with Crippen molar-refractivity contribution >= 4 is 17.4 Å². The van der Waals surface area contributed by atoms with Crippen LogP contribution in [0.3, 0.4) is 0 Å². The fourth-order valence-electron chi connectivity index (χ4n) is 5.45. The minimum atomic E-state index is -0.482. The summed E-state index contributed by atoms with van der Waals surface area (Å²) in [5.74, 6) is 1.79. The highest BCUT2D eigenvalue weighted by atomic mass is 35.5. The summed E-state index contributed by atoms with van der Waals surface area (Å²) in [7, 11) is 2.17. The standard InChI is InChI=1S/C24H32ClFN6/c1-16-14-17(26)15-27-22(16)18-6-4-7-19(28-18)24(2)23(25)32-20(29-24)8-5-9-21(32)31-12-10-30(3)11-13-31/h5,8-9,14-15,18-19,23,28H,4,6-7,10-13H2,1-3H3/t18-,19+,23?,24+/m0/s1. The van der Waals surface area contributed by atoms with E-state index in [4.69, 9.17) is 16.6 Å². The van der Waals surface area contributed by atoms with Crippen LogP contribution in [0.25, 0.3) is 0 Å². The summed E-state index contributed by atoms with van der Waals surface area (Å²) in [4.78, 5) is 16.6. The van der Waals surface area contributed by atoms with Gasteiger partial charge in [0.2, 0.25) is 0 Å². The van der Waals surface area contributed by atoms with E-state index in [0.29, 0.717) is 0 Å². The summed E-state index contributed by atoms with van der Waals surface area (Å²) < 4.78 is 13.6. The third-order valence-electron chi connectivity index (χ3n) is 7.38. The Morgan fingerprint density at radius 1 is 1.22 bits per heavy atom. The number of hydrogen-bond acceptors (Lipinski definition) is 6. The molecule has 1 aromatic heterocycles. The Morgan fingerprint density at radius 2 is 2.00 bits per heavy atom. The molecule has 1 unspecified atom stereocenters. The molecule has 0 amide bonds. The Kier molecular flexibility index (Phi) is 5.76. The van der Waals surface area contributed by atoms with Gasteiger partial charge in [-0.05, 0) is 63.9 Å². The number of fused-ring (bicyclic) bond motifs is 1. The number of nitrogens with one attached hydrogen (secondary N) is 1. The van der Waals surface area contributed by atoms with E-state index in [-0.39, 0.29) is 23.4 Å². The molecule has 0 spiro atoms. The number of pyridine rings is 1. The molecule has 5 heterocycles. The number of hydrogen-bond donors (Lipinski definition) is 1. The molecular formula is C24H32ClFN6. The molecule has 1 aromatic rings. The quantitative estimate of drug-likeness (QED) is 0.555. The van der Waals surface area contributed by atoms with Gasteiger partial charge in [-0.3, -0.25) is 14.9 Å². The molecule has 172 valence electrons. The molecule has 0 aliphatic carbocycles. The molecule has 0 radical (unpaired) electrons.